The lowest BCUT2D eigenvalue weighted by Crippen LogP contribution is -2.43. The first-order valence-corrected chi connectivity index (χ1v) is 8.79. The summed E-state index contributed by atoms with van der Waals surface area (Å²) in [7, 11) is 0. The highest BCUT2D eigenvalue weighted by Gasteiger charge is 2.22. The van der Waals surface area contributed by atoms with Gasteiger partial charge in [-0.15, -0.1) is 0 Å². The van der Waals surface area contributed by atoms with Crippen molar-refractivity contribution in [2.75, 3.05) is 26.2 Å². The van der Waals surface area contributed by atoms with E-state index in [-0.39, 0.29) is 5.91 Å². The van der Waals surface area contributed by atoms with Crippen LogP contribution in [0.5, 0.6) is 0 Å². The van der Waals surface area contributed by atoms with Gasteiger partial charge in [0.15, 0.2) is 0 Å². The Labute approximate surface area is 147 Å². The number of imidazole rings is 1. The molecule has 0 spiro atoms. The lowest BCUT2D eigenvalue weighted by molar-refractivity contribution is -0.122. The van der Waals surface area contributed by atoms with Gasteiger partial charge in [-0.2, -0.15) is 0 Å². The minimum Gasteiger partial charge on any atom is -0.355 e. The van der Waals surface area contributed by atoms with Crippen molar-refractivity contribution in [3.8, 4) is 0 Å². The maximum atomic E-state index is 12.2. The van der Waals surface area contributed by atoms with Crippen molar-refractivity contribution < 1.29 is 4.79 Å². The molecule has 6 heteroatoms. The summed E-state index contributed by atoms with van der Waals surface area (Å²) in [6, 6.07) is 8.16. The van der Waals surface area contributed by atoms with Crippen LogP contribution in [0.25, 0.3) is 0 Å². The third kappa shape index (κ3) is 4.82. The Morgan fingerprint density at radius 2 is 2.17 bits per heavy atom. The van der Waals surface area contributed by atoms with Crippen molar-refractivity contribution >= 4 is 17.5 Å². The van der Waals surface area contributed by atoms with Gasteiger partial charge in [0.1, 0.15) is 0 Å². The molecule has 3 rings (SSSR count). The second-order valence-corrected chi connectivity index (χ2v) is 6.70. The van der Waals surface area contributed by atoms with Crippen LogP contribution in [-0.2, 0) is 11.2 Å². The topological polar surface area (TPSA) is 50.2 Å². The van der Waals surface area contributed by atoms with Crippen LogP contribution in [0, 0.1) is 0 Å². The Kier molecular flexibility index (Phi) is 5.88. The van der Waals surface area contributed by atoms with Gasteiger partial charge in [0.25, 0.3) is 0 Å². The van der Waals surface area contributed by atoms with Gasteiger partial charge < -0.3 is 9.88 Å². The minimum atomic E-state index is 0.0928. The van der Waals surface area contributed by atoms with Gasteiger partial charge in [-0.1, -0.05) is 23.7 Å². The van der Waals surface area contributed by atoms with E-state index in [1.54, 1.807) is 0 Å². The number of hydrogen-bond acceptors (Lipinski definition) is 3. The van der Waals surface area contributed by atoms with Gasteiger partial charge in [-0.05, 0) is 43.5 Å². The Balaban J connectivity index is 1.40. The fraction of sp³-hybridized carbons (Fsp3) is 0.444. The second kappa shape index (κ2) is 8.31. The summed E-state index contributed by atoms with van der Waals surface area (Å²) in [5, 5.41) is 3.75. The molecule has 1 fully saturated rings. The summed E-state index contributed by atoms with van der Waals surface area (Å²) in [6.45, 7) is 3.00. The highest BCUT2D eigenvalue weighted by molar-refractivity contribution is 6.30. The summed E-state index contributed by atoms with van der Waals surface area (Å²) in [5.74, 6) is 0.0928. The first-order valence-electron chi connectivity index (χ1n) is 8.41. The molecule has 0 radical (unpaired) electrons. The molecule has 1 aliphatic rings. The van der Waals surface area contributed by atoms with Crippen molar-refractivity contribution in [3.63, 3.8) is 0 Å². The molecule has 0 unspecified atom stereocenters. The Bertz CT molecular complexity index is 642. The van der Waals surface area contributed by atoms with E-state index in [2.05, 4.69) is 19.8 Å². The second-order valence-electron chi connectivity index (χ2n) is 6.27. The van der Waals surface area contributed by atoms with Crippen LogP contribution in [0.4, 0.5) is 0 Å². The van der Waals surface area contributed by atoms with Crippen molar-refractivity contribution in [2.24, 2.45) is 0 Å². The Hall–Kier alpha value is -1.85. The lowest BCUT2D eigenvalue weighted by atomic mass is 10.1. The van der Waals surface area contributed by atoms with Crippen molar-refractivity contribution in [3.05, 3.63) is 53.6 Å². The third-order valence-electron chi connectivity index (χ3n) is 4.44. The zero-order valence-electron chi connectivity index (χ0n) is 13.7. The molecule has 0 bridgehead atoms. The summed E-state index contributed by atoms with van der Waals surface area (Å²) in [5.41, 5.74) is 1.18. The van der Waals surface area contributed by atoms with Crippen molar-refractivity contribution in [2.45, 2.75) is 25.3 Å². The Morgan fingerprint density at radius 1 is 1.33 bits per heavy atom. The van der Waals surface area contributed by atoms with Crippen molar-refractivity contribution in [1.82, 2.24) is 19.8 Å². The number of nitrogens with one attached hydrogen (secondary N) is 1. The van der Waals surface area contributed by atoms with E-state index in [9.17, 15) is 4.79 Å². The van der Waals surface area contributed by atoms with Crippen LogP contribution in [0.1, 0.15) is 24.4 Å². The largest absolute Gasteiger partial charge is 0.355 e. The van der Waals surface area contributed by atoms with E-state index in [0.717, 1.165) is 37.4 Å². The number of likely N-dealkylation sites (tertiary alicyclic amines) is 1. The normalized spacial score (nSPS) is 18.5. The van der Waals surface area contributed by atoms with Crippen molar-refractivity contribution in [1.29, 1.82) is 0 Å². The molecule has 2 aromatic rings. The molecule has 0 saturated carbocycles. The van der Waals surface area contributed by atoms with Crippen LogP contribution < -0.4 is 5.32 Å². The summed E-state index contributed by atoms with van der Waals surface area (Å²) >= 11 is 5.87. The van der Waals surface area contributed by atoms with Gasteiger partial charge >= 0.3 is 0 Å². The van der Waals surface area contributed by atoms with Crippen LogP contribution in [0.15, 0.2) is 43.0 Å². The molecule has 1 saturated heterocycles. The van der Waals surface area contributed by atoms with Crippen LogP contribution in [0.2, 0.25) is 5.02 Å². The molecule has 1 N–H and O–H groups in total. The lowest BCUT2D eigenvalue weighted by Gasteiger charge is -2.32. The quantitative estimate of drug-likeness (QED) is 0.874. The number of benzene rings is 1. The number of nitrogens with zero attached hydrogens (tertiary/aromatic N) is 3. The smallest absolute Gasteiger partial charge is 0.234 e. The highest BCUT2D eigenvalue weighted by Crippen LogP contribution is 2.20. The number of carbonyl (C=O) groups excluding carboxylic acids is 1. The summed E-state index contributed by atoms with van der Waals surface area (Å²) < 4.78 is 2.14. The molecule has 1 amide bonds. The molecular formula is C18H23ClN4O. The van der Waals surface area contributed by atoms with E-state index in [4.69, 9.17) is 11.6 Å². The monoisotopic (exact) mass is 346 g/mol. The number of piperidine rings is 1. The molecule has 1 aliphatic heterocycles. The maximum Gasteiger partial charge on any atom is 0.234 e. The molecule has 1 aromatic carbocycles. The SMILES string of the molecule is O=C(CN1CCC[C@@H](n2ccnc2)C1)NCCc1ccc(Cl)cc1. The minimum absolute atomic E-state index is 0.0928. The Morgan fingerprint density at radius 3 is 2.92 bits per heavy atom. The maximum absolute atomic E-state index is 12.2. The van der Waals surface area contributed by atoms with E-state index in [0.29, 0.717) is 19.1 Å². The number of halogens is 1. The van der Waals surface area contributed by atoms with Gasteiger partial charge in [0.2, 0.25) is 5.91 Å². The summed E-state index contributed by atoms with van der Waals surface area (Å²) in [4.78, 5) is 18.5. The molecule has 2 heterocycles. The number of rotatable bonds is 6. The van der Waals surface area contributed by atoms with Gasteiger partial charge in [-0.25, -0.2) is 4.98 Å². The van der Waals surface area contributed by atoms with Crippen LogP contribution in [0.3, 0.4) is 0 Å². The first-order chi connectivity index (χ1) is 11.7. The fourth-order valence-corrected chi connectivity index (χ4v) is 3.29. The van der Waals surface area contributed by atoms with E-state index >= 15 is 0 Å². The zero-order chi connectivity index (χ0) is 16.8. The number of carbonyl (C=O) groups is 1. The molecule has 24 heavy (non-hydrogen) atoms. The van der Waals surface area contributed by atoms with Gasteiger partial charge in [0.05, 0.1) is 12.9 Å². The fourth-order valence-electron chi connectivity index (χ4n) is 3.16. The molecule has 5 nitrogen and oxygen atoms in total. The molecule has 1 aromatic heterocycles. The molecular weight excluding hydrogens is 324 g/mol. The number of aromatic nitrogens is 2. The molecule has 1 atom stereocenters. The van der Waals surface area contributed by atoms with E-state index < -0.39 is 0 Å². The summed E-state index contributed by atoms with van der Waals surface area (Å²) in [6.07, 6.45) is 8.75. The van der Waals surface area contributed by atoms with Gasteiger partial charge in [-0.3, -0.25) is 9.69 Å². The highest BCUT2D eigenvalue weighted by atomic mass is 35.5. The average Bonchev–Trinajstić information content (AvgIpc) is 3.11. The van der Waals surface area contributed by atoms with Crippen LogP contribution in [-0.4, -0.2) is 46.5 Å². The number of hydrogen-bond donors (Lipinski definition) is 1. The number of amides is 1. The average molecular weight is 347 g/mol. The standard InChI is InChI=1S/C18H23ClN4O/c19-16-5-3-15(4-6-16)7-8-21-18(24)13-22-10-1-2-17(12-22)23-11-9-20-14-23/h3-6,9,11,14,17H,1-2,7-8,10,12-13H2,(H,21,24)/t17-/m1/s1. The van der Waals surface area contributed by atoms with E-state index in [1.807, 2.05) is 43.0 Å². The third-order valence-corrected chi connectivity index (χ3v) is 4.70. The molecule has 0 aliphatic carbocycles. The predicted octanol–water partition coefficient (Wildman–Crippen LogP) is 2.53. The van der Waals surface area contributed by atoms with Crippen LogP contribution >= 0.6 is 11.6 Å². The molecule has 128 valence electrons. The zero-order valence-corrected chi connectivity index (χ0v) is 14.5. The first kappa shape index (κ1) is 17.0. The predicted molar refractivity (Wildman–Crippen MR) is 95.1 cm³/mol. The van der Waals surface area contributed by atoms with E-state index in [1.165, 1.54) is 5.56 Å². The van der Waals surface area contributed by atoms with Gasteiger partial charge in [0, 0.05) is 36.5 Å².